The fourth-order valence-electron chi connectivity index (χ4n) is 1.70. The molecular weight excluding hydrogens is 290 g/mol. The van der Waals surface area contributed by atoms with Crippen molar-refractivity contribution >= 4 is 23.6 Å². The second kappa shape index (κ2) is 9.28. The van der Waals surface area contributed by atoms with E-state index in [1.165, 1.54) is 0 Å². The predicted molar refractivity (Wildman–Crippen MR) is 83.9 cm³/mol. The summed E-state index contributed by atoms with van der Waals surface area (Å²) in [6, 6.07) is 6.50. The molecule has 0 saturated heterocycles. The normalized spacial score (nSPS) is 11.7. The Balaban J connectivity index is 2.43. The Morgan fingerprint density at radius 1 is 1.38 bits per heavy atom. The molecule has 21 heavy (non-hydrogen) atoms. The predicted octanol–water partition coefficient (Wildman–Crippen LogP) is 2.09. The molecule has 116 valence electrons. The number of carbonyl (C=O) groups excluding carboxylic acids is 1. The molecule has 1 aromatic carbocycles. The third-order valence-electron chi connectivity index (χ3n) is 2.84. The van der Waals surface area contributed by atoms with Crippen LogP contribution in [0.3, 0.4) is 0 Å². The Morgan fingerprint density at radius 3 is 2.71 bits per heavy atom. The Labute approximate surface area is 129 Å². The van der Waals surface area contributed by atoms with Gasteiger partial charge in [-0.3, -0.25) is 4.79 Å². The summed E-state index contributed by atoms with van der Waals surface area (Å²) in [6.07, 6.45) is 0.407. The first-order chi connectivity index (χ1) is 10.0. The van der Waals surface area contributed by atoms with Gasteiger partial charge in [-0.25, -0.2) is 4.79 Å². The van der Waals surface area contributed by atoms with Gasteiger partial charge in [0.25, 0.3) is 5.91 Å². The Hall–Kier alpha value is -1.69. The smallest absolute Gasteiger partial charge is 0.326 e. The van der Waals surface area contributed by atoms with Gasteiger partial charge in [0.05, 0.1) is 0 Å². The van der Waals surface area contributed by atoms with Crippen molar-refractivity contribution in [1.29, 1.82) is 0 Å². The summed E-state index contributed by atoms with van der Waals surface area (Å²) >= 11 is 1.65. The van der Waals surface area contributed by atoms with Crippen molar-refractivity contribution in [2.75, 3.05) is 18.1 Å². The fraction of sp³-hybridized carbons (Fsp3) is 0.467. The molecule has 0 radical (unpaired) electrons. The van der Waals surface area contributed by atoms with Crippen LogP contribution < -0.4 is 10.1 Å². The van der Waals surface area contributed by atoms with E-state index in [4.69, 9.17) is 9.84 Å². The minimum atomic E-state index is -1.02. The number of aryl methyl sites for hydroxylation is 1. The first kappa shape index (κ1) is 17.4. The van der Waals surface area contributed by atoms with Crippen LogP contribution in [0.4, 0.5) is 0 Å². The van der Waals surface area contributed by atoms with Crippen molar-refractivity contribution in [3.05, 3.63) is 29.8 Å². The molecule has 1 rings (SSSR count). The lowest BCUT2D eigenvalue weighted by Gasteiger charge is -2.15. The van der Waals surface area contributed by atoms with Gasteiger partial charge in [-0.2, -0.15) is 11.8 Å². The van der Waals surface area contributed by atoms with E-state index in [-0.39, 0.29) is 6.61 Å². The molecule has 0 aliphatic carbocycles. The van der Waals surface area contributed by atoms with Gasteiger partial charge in [-0.1, -0.05) is 25.1 Å². The number of carboxylic acid groups (broad SMARTS) is 1. The van der Waals surface area contributed by atoms with Gasteiger partial charge in [0.2, 0.25) is 0 Å². The number of carbonyl (C=O) groups is 2. The third-order valence-corrected chi connectivity index (χ3v) is 3.77. The maximum absolute atomic E-state index is 11.8. The highest BCUT2D eigenvalue weighted by Gasteiger charge is 2.19. The van der Waals surface area contributed by atoms with E-state index < -0.39 is 17.9 Å². The Bertz CT molecular complexity index is 478. The number of aliphatic carboxylic acids is 1. The topological polar surface area (TPSA) is 75.6 Å². The van der Waals surface area contributed by atoms with E-state index in [1.807, 2.05) is 32.0 Å². The molecule has 6 heteroatoms. The highest BCUT2D eigenvalue weighted by Crippen LogP contribution is 2.15. The largest absolute Gasteiger partial charge is 0.484 e. The number of hydrogen-bond donors (Lipinski definition) is 2. The van der Waals surface area contributed by atoms with E-state index in [1.54, 1.807) is 17.8 Å². The zero-order valence-electron chi connectivity index (χ0n) is 12.3. The van der Waals surface area contributed by atoms with E-state index in [2.05, 4.69) is 5.32 Å². The van der Waals surface area contributed by atoms with Gasteiger partial charge in [0.1, 0.15) is 11.8 Å². The number of carboxylic acids is 1. The molecule has 1 unspecified atom stereocenters. The van der Waals surface area contributed by atoms with Gasteiger partial charge >= 0.3 is 5.97 Å². The summed E-state index contributed by atoms with van der Waals surface area (Å²) in [5.41, 5.74) is 0.930. The van der Waals surface area contributed by atoms with Crippen molar-refractivity contribution in [3.63, 3.8) is 0 Å². The molecule has 1 aromatic rings. The Kier molecular flexibility index (Phi) is 7.68. The lowest BCUT2D eigenvalue weighted by molar-refractivity contribution is -0.142. The number of nitrogens with one attached hydrogen (secondary N) is 1. The zero-order chi connectivity index (χ0) is 15.7. The van der Waals surface area contributed by atoms with Crippen LogP contribution in [0, 0.1) is 6.92 Å². The molecule has 0 heterocycles. The quantitative estimate of drug-likeness (QED) is 0.683. The molecule has 0 aliphatic heterocycles. The van der Waals surface area contributed by atoms with E-state index in [0.717, 1.165) is 11.3 Å². The lowest BCUT2D eigenvalue weighted by Crippen LogP contribution is -2.43. The Morgan fingerprint density at radius 2 is 2.10 bits per heavy atom. The molecule has 0 bridgehead atoms. The van der Waals surface area contributed by atoms with Crippen LogP contribution in [0.1, 0.15) is 18.9 Å². The van der Waals surface area contributed by atoms with Crippen LogP contribution >= 0.6 is 11.8 Å². The maximum Gasteiger partial charge on any atom is 0.326 e. The number of thioether (sulfide) groups is 1. The molecular formula is C15H21NO4S. The van der Waals surface area contributed by atoms with E-state index >= 15 is 0 Å². The van der Waals surface area contributed by atoms with Crippen molar-refractivity contribution in [3.8, 4) is 5.75 Å². The first-order valence-electron chi connectivity index (χ1n) is 6.83. The molecule has 0 aromatic heterocycles. The summed E-state index contributed by atoms with van der Waals surface area (Å²) in [7, 11) is 0. The summed E-state index contributed by atoms with van der Waals surface area (Å²) in [5.74, 6) is 0.812. The molecule has 0 saturated carbocycles. The van der Waals surface area contributed by atoms with Crippen LogP contribution in [-0.2, 0) is 9.59 Å². The van der Waals surface area contributed by atoms with Crippen LogP contribution in [-0.4, -0.2) is 41.1 Å². The molecule has 5 nitrogen and oxygen atoms in total. The standard InChI is InChI=1S/C15H21NO4S/c1-3-21-9-8-12(15(18)19)16-14(17)10-20-13-7-5-4-6-11(13)2/h4-7,12H,3,8-10H2,1-2H3,(H,16,17)(H,18,19). The summed E-state index contributed by atoms with van der Waals surface area (Å²) in [5, 5.41) is 11.6. The van der Waals surface area contributed by atoms with Crippen molar-refractivity contribution in [2.45, 2.75) is 26.3 Å². The lowest BCUT2D eigenvalue weighted by atomic mass is 10.2. The second-order valence-electron chi connectivity index (χ2n) is 4.50. The fourth-order valence-corrected chi connectivity index (χ4v) is 2.39. The SMILES string of the molecule is CCSCCC(NC(=O)COc1ccccc1C)C(=O)O. The zero-order valence-corrected chi connectivity index (χ0v) is 13.1. The van der Waals surface area contributed by atoms with Crippen LogP contribution in [0.15, 0.2) is 24.3 Å². The average Bonchev–Trinajstić information content (AvgIpc) is 2.45. The maximum atomic E-state index is 11.8. The molecule has 1 amide bonds. The van der Waals surface area contributed by atoms with Gasteiger partial charge in [-0.15, -0.1) is 0 Å². The average molecular weight is 311 g/mol. The van der Waals surface area contributed by atoms with Crippen molar-refractivity contribution < 1.29 is 19.4 Å². The van der Waals surface area contributed by atoms with Gasteiger partial charge in [0.15, 0.2) is 6.61 Å². The number of rotatable bonds is 9. The van der Waals surface area contributed by atoms with Crippen molar-refractivity contribution in [2.24, 2.45) is 0 Å². The van der Waals surface area contributed by atoms with Gasteiger partial charge in [0, 0.05) is 0 Å². The van der Waals surface area contributed by atoms with Crippen LogP contribution in [0.25, 0.3) is 0 Å². The highest BCUT2D eigenvalue weighted by atomic mass is 32.2. The van der Waals surface area contributed by atoms with Gasteiger partial charge in [-0.05, 0) is 36.5 Å². The number of amides is 1. The summed E-state index contributed by atoms with van der Waals surface area (Å²) in [6.45, 7) is 3.71. The number of ether oxygens (including phenoxy) is 1. The minimum Gasteiger partial charge on any atom is -0.484 e. The van der Waals surface area contributed by atoms with Crippen LogP contribution in [0.2, 0.25) is 0 Å². The second-order valence-corrected chi connectivity index (χ2v) is 5.89. The summed E-state index contributed by atoms with van der Waals surface area (Å²) < 4.78 is 5.39. The number of hydrogen-bond acceptors (Lipinski definition) is 4. The minimum absolute atomic E-state index is 0.185. The molecule has 0 spiro atoms. The van der Waals surface area contributed by atoms with Gasteiger partial charge < -0.3 is 15.2 Å². The molecule has 0 fully saturated rings. The number of benzene rings is 1. The number of para-hydroxylation sites is 1. The molecule has 2 N–H and O–H groups in total. The van der Waals surface area contributed by atoms with Crippen molar-refractivity contribution in [1.82, 2.24) is 5.32 Å². The first-order valence-corrected chi connectivity index (χ1v) is 7.98. The van der Waals surface area contributed by atoms with E-state index in [0.29, 0.717) is 17.9 Å². The van der Waals surface area contributed by atoms with Crippen LogP contribution in [0.5, 0.6) is 5.75 Å². The molecule has 1 atom stereocenters. The van der Waals surface area contributed by atoms with E-state index in [9.17, 15) is 9.59 Å². The molecule has 0 aliphatic rings. The monoisotopic (exact) mass is 311 g/mol. The summed E-state index contributed by atoms with van der Waals surface area (Å²) in [4.78, 5) is 22.9. The highest BCUT2D eigenvalue weighted by molar-refractivity contribution is 7.99. The third kappa shape index (κ3) is 6.53.